The van der Waals surface area contributed by atoms with Crippen LogP contribution in [0.15, 0.2) is 18.3 Å². The van der Waals surface area contributed by atoms with Crippen LogP contribution in [0, 0.1) is 5.92 Å². The molecule has 20 heavy (non-hydrogen) atoms. The molecule has 1 aliphatic heterocycles. The number of hydrogen-bond donors (Lipinski definition) is 2. The molecule has 1 fully saturated rings. The maximum Gasteiger partial charge on any atom is 0.269 e. The van der Waals surface area contributed by atoms with E-state index in [1.807, 2.05) is 13.1 Å². The fraction of sp³-hybridized carbons (Fsp3) is 0.600. The van der Waals surface area contributed by atoms with Gasteiger partial charge in [-0.2, -0.15) is 0 Å². The van der Waals surface area contributed by atoms with Gasteiger partial charge in [-0.15, -0.1) is 0 Å². The molecule has 5 nitrogen and oxygen atoms in total. The van der Waals surface area contributed by atoms with Crippen LogP contribution in [0.25, 0.3) is 0 Å². The number of hydrogen-bond acceptors (Lipinski definition) is 4. The molecule has 1 aromatic heterocycles. The molecule has 1 atom stereocenters. The summed E-state index contributed by atoms with van der Waals surface area (Å²) in [5.74, 6) is 0.457. The van der Waals surface area contributed by atoms with Gasteiger partial charge in [0.15, 0.2) is 0 Å². The van der Waals surface area contributed by atoms with Crippen LogP contribution >= 0.6 is 0 Å². The molecule has 1 amide bonds. The average molecular weight is 276 g/mol. The van der Waals surface area contributed by atoms with Crippen LogP contribution in [-0.2, 0) is 0 Å². The molecule has 5 heteroatoms. The highest BCUT2D eigenvalue weighted by Crippen LogP contribution is 2.17. The minimum Gasteiger partial charge on any atom is -0.388 e. The fourth-order valence-corrected chi connectivity index (χ4v) is 2.54. The first kappa shape index (κ1) is 14.8. The average Bonchev–Trinajstić information content (AvgIpc) is 2.94. The summed E-state index contributed by atoms with van der Waals surface area (Å²) in [4.78, 5) is 18.6. The third-order valence-corrected chi connectivity index (χ3v) is 3.88. The lowest BCUT2D eigenvalue weighted by molar-refractivity contribution is 0.0942. The van der Waals surface area contributed by atoms with Crippen molar-refractivity contribution in [1.29, 1.82) is 0 Å². The fourth-order valence-electron chi connectivity index (χ4n) is 2.54. The van der Waals surface area contributed by atoms with Crippen molar-refractivity contribution in [3.05, 3.63) is 24.0 Å². The summed E-state index contributed by atoms with van der Waals surface area (Å²) >= 11 is 0. The van der Waals surface area contributed by atoms with Crippen LogP contribution < -0.4 is 10.6 Å². The molecular formula is C15H24N4O. The number of nitrogens with zero attached hydrogens (tertiary/aromatic N) is 2. The molecule has 2 heterocycles. The number of anilines is 1. The van der Waals surface area contributed by atoms with Crippen molar-refractivity contribution in [2.75, 3.05) is 32.0 Å². The zero-order valence-corrected chi connectivity index (χ0v) is 12.5. The molecule has 1 aliphatic rings. The molecule has 1 saturated heterocycles. The minimum atomic E-state index is -0.0925. The molecule has 0 aromatic carbocycles. The van der Waals surface area contributed by atoms with Gasteiger partial charge in [-0.05, 0) is 44.9 Å². The van der Waals surface area contributed by atoms with E-state index in [0.717, 1.165) is 31.7 Å². The zero-order valence-electron chi connectivity index (χ0n) is 12.5. The van der Waals surface area contributed by atoms with Crippen LogP contribution in [0.1, 0.15) is 30.8 Å². The van der Waals surface area contributed by atoms with Crippen molar-refractivity contribution in [3.8, 4) is 0 Å². The Bertz CT molecular complexity index is 461. The summed E-state index contributed by atoms with van der Waals surface area (Å²) < 4.78 is 0. The molecule has 0 spiro atoms. The molecule has 2 rings (SSSR count). The highest BCUT2D eigenvalue weighted by molar-refractivity contribution is 5.93. The molecule has 0 bridgehead atoms. The Kier molecular flexibility index (Phi) is 4.95. The van der Waals surface area contributed by atoms with Gasteiger partial charge < -0.3 is 15.5 Å². The van der Waals surface area contributed by atoms with Crippen molar-refractivity contribution in [2.45, 2.75) is 26.3 Å². The quantitative estimate of drug-likeness (QED) is 0.857. The highest BCUT2D eigenvalue weighted by atomic mass is 16.1. The lowest BCUT2D eigenvalue weighted by Gasteiger charge is -2.20. The summed E-state index contributed by atoms with van der Waals surface area (Å²) in [6.45, 7) is 7.36. The number of carbonyl (C=O) groups is 1. The van der Waals surface area contributed by atoms with Gasteiger partial charge >= 0.3 is 0 Å². The molecule has 110 valence electrons. The monoisotopic (exact) mass is 276 g/mol. The molecule has 1 aromatic rings. The summed E-state index contributed by atoms with van der Waals surface area (Å²) in [5, 5.41) is 6.01. The Morgan fingerprint density at radius 1 is 1.55 bits per heavy atom. The zero-order chi connectivity index (χ0) is 14.5. The Hall–Kier alpha value is -1.62. The van der Waals surface area contributed by atoms with Crippen LogP contribution in [0.4, 0.5) is 5.69 Å². The number of rotatable bonds is 5. The van der Waals surface area contributed by atoms with E-state index in [2.05, 4.69) is 34.4 Å². The molecule has 0 saturated carbocycles. The van der Waals surface area contributed by atoms with Gasteiger partial charge in [0.25, 0.3) is 5.91 Å². The molecular weight excluding hydrogens is 252 g/mol. The maximum atomic E-state index is 12.1. The van der Waals surface area contributed by atoms with Gasteiger partial charge in [0.1, 0.15) is 5.69 Å². The van der Waals surface area contributed by atoms with Gasteiger partial charge in [-0.3, -0.25) is 9.78 Å². The maximum absolute atomic E-state index is 12.1. The standard InChI is InChI=1S/C15H24N4O/c1-11(2)19-7-5-12(10-19)9-18-15(20)14-8-13(16-3)4-6-17-14/h4,6,8,11-12H,5,7,9-10H2,1-3H3,(H,16,17)(H,18,20). The Balaban J connectivity index is 1.83. The number of likely N-dealkylation sites (tertiary alicyclic amines) is 1. The van der Waals surface area contributed by atoms with Crippen molar-refractivity contribution in [2.24, 2.45) is 5.92 Å². The van der Waals surface area contributed by atoms with E-state index >= 15 is 0 Å². The predicted octanol–water partition coefficient (Wildman–Crippen LogP) is 1.58. The smallest absolute Gasteiger partial charge is 0.269 e. The lowest BCUT2D eigenvalue weighted by atomic mass is 10.1. The molecule has 0 radical (unpaired) electrons. The van der Waals surface area contributed by atoms with E-state index in [-0.39, 0.29) is 5.91 Å². The van der Waals surface area contributed by atoms with E-state index in [9.17, 15) is 4.79 Å². The van der Waals surface area contributed by atoms with Gasteiger partial charge in [0.2, 0.25) is 0 Å². The first-order valence-corrected chi connectivity index (χ1v) is 7.26. The first-order chi connectivity index (χ1) is 9.60. The van der Waals surface area contributed by atoms with Crippen LogP contribution in [0.2, 0.25) is 0 Å². The second kappa shape index (κ2) is 6.70. The Morgan fingerprint density at radius 3 is 3.00 bits per heavy atom. The number of amides is 1. The number of nitrogens with one attached hydrogen (secondary N) is 2. The van der Waals surface area contributed by atoms with E-state index in [1.165, 1.54) is 0 Å². The van der Waals surface area contributed by atoms with Gasteiger partial charge in [0, 0.05) is 38.1 Å². The third kappa shape index (κ3) is 3.70. The Morgan fingerprint density at radius 2 is 2.35 bits per heavy atom. The largest absolute Gasteiger partial charge is 0.388 e. The highest BCUT2D eigenvalue weighted by Gasteiger charge is 2.24. The van der Waals surface area contributed by atoms with Crippen molar-refractivity contribution in [1.82, 2.24) is 15.2 Å². The summed E-state index contributed by atoms with van der Waals surface area (Å²) in [5.41, 5.74) is 1.37. The third-order valence-electron chi connectivity index (χ3n) is 3.88. The summed E-state index contributed by atoms with van der Waals surface area (Å²) in [6, 6.07) is 4.20. The van der Waals surface area contributed by atoms with Crippen LogP contribution in [0.3, 0.4) is 0 Å². The summed E-state index contributed by atoms with van der Waals surface area (Å²) in [7, 11) is 1.83. The molecule has 0 aliphatic carbocycles. The second-order valence-corrected chi connectivity index (χ2v) is 5.63. The second-order valence-electron chi connectivity index (χ2n) is 5.63. The molecule has 1 unspecified atom stereocenters. The van der Waals surface area contributed by atoms with E-state index < -0.39 is 0 Å². The van der Waals surface area contributed by atoms with Crippen LogP contribution in [0.5, 0.6) is 0 Å². The Labute approximate surface area is 120 Å². The van der Waals surface area contributed by atoms with E-state index in [1.54, 1.807) is 12.3 Å². The number of carbonyl (C=O) groups excluding carboxylic acids is 1. The van der Waals surface area contributed by atoms with Crippen molar-refractivity contribution < 1.29 is 4.79 Å². The number of pyridine rings is 1. The number of aromatic nitrogens is 1. The SMILES string of the molecule is CNc1ccnc(C(=O)NCC2CCN(C(C)C)C2)c1. The van der Waals surface area contributed by atoms with Gasteiger partial charge in [0.05, 0.1) is 0 Å². The minimum absolute atomic E-state index is 0.0925. The van der Waals surface area contributed by atoms with Crippen LogP contribution in [-0.4, -0.2) is 48.5 Å². The lowest BCUT2D eigenvalue weighted by Crippen LogP contribution is -2.33. The molecule has 2 N–H and O–H groups in total. The van der Waals surface area contributed by atoms with E-state index in [0.29, 0.717) is 17.7 Å². The van der Waals surface area contributed by atoms with Gasteiger partial charge in [-0.25, -0.2) is 0 Å². The van der Waals surface area contributed by atoms with Crippen molar-refractivity contribution in [3.63, 3.8) is 0 Å². The summed E-state index contributed by atoms with van der Waals surface area (Å²) in [6.07, 6.45) is 2.80. The van der Waals surface area contributed by atoms with E-state index in [4.69, 9.17) is 0 Å². The van der Waals surface area contributed by atoms with Crippen molar-refractivity contribution >= 4 is 11.6 Å². The first-order valence-electron chi connectivity index (χ1n) is 7.26. The topological polar surface area (TPSA) is 57.3 Å². The normalized spacial score (nSPS) is 19.3. The predicted molar refractivity (Wildman–Crippen MR) is 80.9 cm³/mol. The van der Waals surface area contributed by atoms with Gasteiger partial charge in [-0.1, -0.05) is 0 Å².